The molecule has 1 unspecified atom stereocenters. The second kappa shape index (κ2) is 8.28. The van der Waals surface area contributed by atoms with Crippen molar-refractivity contribution in [3.8, 4) is 0 Å². The van der Waals surface area contributed by atoms with Crippen molar-refractivity contribution in [2.75, 3.05) is 11.5 Å². The van der Waals surface area contributed by atoms with E-state index in [-0.39, 0.29) is 24.3 Å². The Hall–Kier alpha value is -3.81. The first-order valence-electron chi connectivity index (χ1n) is 9.64. The van der Waals surface area contributed by atoms with Crippen molar-refractivity contribution >= 4 is 29.3 Å². The maximum atomic E-state index is 12.9. The fourth-order valence-corrected chi connectivity index (χ4v) is 3.58. The molecule has 0 N–H and O–H groups in total. The summed E-state index contributed by atoms with van der Waals surface area (Å²) in [6.07, 6.45) is 2.41. The number of hydrogen-bond acceptors (Lipinski definition) is 6. The van der Waals surface area contributed by atoms with Gasteiger partial charge in [-0.2, -0.15) is 4.68 Å². The van der Waals surface area contributed by atoms with Crippen LogP contribution in [0.1, 0.15) is 23.9 Å². The molecular weight excluding hydrogens is 382 g/mol. The van der Waals surface area contributed by atoms with Gasteiger partial charge in [-0.25, -0.2) is 4.79 Å². The van der Waals surface area contributed by atoms with E-state index in [1.54, 1.807) is 17.9 Å². The van der Waals surface area contributed by atoms with Gasteiger partial charge in [0.25, 0.3) is 5.91 Å². The lowest BCUT2D eigenvalue weighted by molar-refractivity contribution is -0.142. The fourth-order valence-electron chi connectivity index (χ4n) is 3.58. The monoisotopic (exact) mass is 403 g/mol. The van der Waals surface area contributed by atoms with E-state index in [9.17, 15) is 9.59 Å². The number of hydrogen-bond donors (Lipinski definition) is 0. The van der Waals surface area contributed by atoms with Crippen LogP contribution >= 0.6 is 0 Å². The van der Waals surface area contributed by atoms with Crippen molar-refractivity contribution in [2.45, 2.75) is 26.3 Å². The first-order valence-corrected chi connectivity index (χ1v) is 9.64. The van der Waals surface area contributed by atoms with Crippen LogP contribution in [-0.4, -0.2) is 44.7 Å². The zero-order chi connectivity index (χ0) is 21.1. The molecule has 1 aromatic heterocycles. The molecule has 2 heterocycles. The lowest BCUT2D eigenvalue weighted by Crippen LogP contribution is -2.38. The van der Waals surface area contributed by atoms with Crippen LogP contribution < -0.4 is 4.90 Å². The normalized spacial score (nSPS) is 15.7. The van der Waals surface area contributed by atoms with Crippen molar-refractivity contribution in [2.24, 2.45) is 0 Å². The predicted molar refractivity (Wildman–Crippen MR) is 111 cm³/mol. The molecule has 8 nitrogen and oxygen atoms in total. The van der Waals surface area contributed by atoms with E-state index < -0.39 is 5.97 Å². The molecule has 0 saturated heterocycles. The van der Waals surface area contributed by atoms with Gasteiger partial charge in [0.2, 0.25) is 0 Å². The quantitative estimate of drug-likeness (QED) is 0.480. The Kier molecular flexibility index (Phi) is 5.38. The van der Waals surface area contributed by atoms with Crippen LogP contribution in [-0.2, 0) is 20.7 Å². The standard InChI is InChI=1S/C22H21N5O3/c1-15-12-18-10-6-7-11-19(18)26(15)21(28)14-30-22(29)20(27-16(2)23-24-25-27)13-17-8-4-3-5-9-17/h3-11,13,15H,12,14H2,1-2H3. The van der Waals surface area contributed by atoms with Gasteiger partial charge in [0, 0.05) is 11.7 Å². The highest BCUT2D eigenvalue weighted by molar-refractivity contribution is 6.16. The summed E-state index contributed by atoms with van der Waals surface area (Å²) in [5.41, 5.74) is 2.89. The number of tetrazole rings is 1. The molecule has 0 aliphatic carbocycles. The maximum absolute atomic E-state index is 12.9. The van der Waals surface area contributed by atoms with Gasteiger partial charge in [0.1, 0.15) is 0 Å². The molecule has 0 fully saturated rings. The molecule has 0 bridgehead atoms. The number of nitrogens with zero attached hydrogens (tertiary/aromatic N) is 5. The van der Waals surface area contributed by atoms with E-state index >= 15 is 0 Å². The topological polar surface area (TPSA) is 90.2 Å². The van der Waals surface area contributed by atoms with E-state index in [0.717, 1.165) is 23.2 Å². The number of amides is 1. The van der Waals surface area contributed by atoms with E-state index in [2.05, 4.69) is 15.5 Å². The number of carbonyl (C=O) groups excluding carboxylic acids is 2. The van der Waals surface area contributed by atoms with Crippen LogP contribution in [0.15, 0.2) is 54.6 Å². The molecule has 1 atom stereocenters. The first-order chi connectivity index (χ1) is 14.5. The van der Waals surface area contributed by atoms with E-state index in [0.29, 0.717) is 5.82 Å². The highest BCUT2D eigenvalue weighted by Gasteiger charge is 2.31. The highest BCUT2D eigenvalue weighted by Crippen LogP contribution is 2.31. The predicted octanol–water partition coefficient (Wildman–Crippen LogP) is 2.50. The Labute approximate surface area is 173 Å². The number of esters is 1. The van der Waals surface area contributed by atoms with Crippen LogP contribution in [0.5, 0.6) is 0 Å². The maximum Gasteiger partial charge on any atom is 0.357 e. The molecule has 2 aromatic carbocycles. The van der Waals surface area contributed by atoms with Crippen molar-refractivity contribution in [1.29, 1.82) is 0 Å². The van der Waals surface area contributed by atoms with Crippen LogP contribution in [0.2, 0.25) is 0 Å². The summed E-state index contributed by atoms with van der Waals surface area (Å²) in [4.78, 5) is 27.4. The molecule has 0 spiro atoms. The summed E-state index contributed by atoms with van der Waals surface area (Å²) in [7, 11) is 0. The zero-order valence-corrected chi connectivity index (χ0v) is 16.7. The molecule has 1 aliphatic rings. The molecule has 1 aliphatic heterocycles. The summed E-state index contributed by atoms with van der Waals surface area (Å²) in [6, 6.07) is 17.1. The Balaban J connectivity index is 1.53. The summed E-state index contributed by atoms with van der Waals surface area (Å²) in [6.45, 7) is 3.29. The summed E-state index contributed by atoms with van der Waals surface area (Å²) in [5, 5.41) is 11.3. The van der Waals surface area contributed by atoms with Gasteiger partial charge in [-0.15, -0.1) is 5.10 Å². The van der Waals surface area contributed by atoms with Crippen molar-refractivity contribution < 1.29 is 14.3 Å². The van der Waals surface area contributed by atoms with Crippen LogP contribution in [0.4, 0.5) is 5.69 Å². The van der Waals surface area contributed by atoms with Crippen LogP contribution in [0, 0.1) is 6.92 Å². The number of para-hydroxylation sites is 1. The summed E-state index contributed by atoms with van der Waals surface area (Å²) < 4.78 is 6.68. The smallest absolute Gasteiger partial charge is 0.357 e. The molecule has 0 radical (unpaired) electrons. The SMILES string of the molecule is Cc1nnnn1C(=Cc1ccccc1)C(=O)OCC(=O)N1c2ccccc2CC1C. The lowest BCUT2D eigenvalue weighted by Gasteiger charge is -2.22. The third kappa shape index (κ3) is 3.84. The van der Waals surface area contributed by atoms with Gasteiger partial charge in [0.15, 0.2) is 18.1 Å². The van der Waals surface area contributed by atoms with Gasteiger partial charge in [-0.3, -0.25) is 4.79 Å². The Morgan fingerprint density at radius 2 is 1.87 bits per heavy atom. The second-order valence-corrected chi connectivity index (χ2v) is 7.10. The van der Waals surface area contributed by atoms with Crippen LogP contribution in [0.3, 0.4) is 0 Å². The average Bonchev–Trinajstić information content (AvgIpc) is 3.32. The molecule has 0 saturated carbocycles. The van der Waals surface area contributed by atoms with Gasteiger partial charge in [0.05, 0.1) is 0 Å². The minimum Gasteiger partial charge on any atom is -0.451 e. The van der Waals surface area contributed by atoms with Crippen LogP contribution in [0.25, 0.3) is 11.8 Å². The minimum atomic E-state index is -0.678. The number of ether oxygens (including phenoxy) is 1. The van der Waals surface area contributed by atoms with Crippen molar-refractivity contribution in [3.05, 3.63) is 71.5 Å². The summed E-state index contributed by atoms with van der Waals surface area (Å²) in [5.74, 6) is -0.515. The molecule has 152 valence electrons. The lowest BCUT2D eigenvalue weighted by atomic mass is 10.1. The van der Waals surface area contributed by atoms with Crippen molar-refractivity contribution in [1.82, 2.24) is 20.2 Å². The number of aromatic nitrogens is 4. The van der Waals surface area contributed by atoms with Gasteiger partial charge in [-0.1, -0.05) is 48.5 Å². The number of aryl methyl sites for hydroxylation is 1. The number of fused-ring (bicyclic) bond motifs is 1. The Morgan fingerprint density at radius 3 is 2.60 bits per heavy atom. The number of anilines is 1. The largest absolute Gasteiger partial charge is 0.451 e. The third-order valence-electron chi connectivity index (χ3n) is 4.97. The molecule has 30 heavy (non-hydrogen) atoms. The first kappa shape index (κ1) is 19.5. The van der Waals surface area contributed by atoms with E-state index in [4.69, 9.17) is 4.74 Å². The number of carbonyl (C=O) groups is 2. The Bertz CT molecular complexity index is 1110. The second-order valence-electron chi connectivity index (χ2n) is 7.10. The zero-order valence-electron chi connectivity index (χ0n) is 16.7. The molecular formula is C22H21N5O3. The number of benzene rings is 2. The molecule has 3 aromatic rings. The number of rotatable bonds is 5. The summed E-state index contributed by atoms with van der Waals surface area (Å²) >= 11 is 0. The molecule has 4 rings (SSSR count). The van der Waals surface area contributed by atoms with Gasteiger partial charge in [-0.05, 0) is 54.0 Å². The Morgan fingerprint density at radius 1 is 1.13 bits per heavy atom. The highest BCUT2D eigenvalue weighted by atomic mass is 16.5. The van der Waals surface area contributed by atoms with E-state index in [1.807, 2.05) is 61.5 Å². The average molecular weight is 403 g/mol. The van der Waals surface area contributed by atoms with Crippen molar-refractivity contribution in [3.63, 3.8) is 0 Å². The van der Waals surface area contributed by atoms with E-state index in [1.165, 1.54) is 4.68 Å². The minimum absolute atomic E-state index is 0.00898. The molecule has 8 heteroatoms. The molecule has 1 amide bonds. The third-order valence-corrected chi connectivity index (χ3v) is 4.97. The van der Waals surface area contributed by atoms with Gasteiger partial charge >= 0.3 is 5.97 Å². The van der Waals surface area contributed by atoms with Gasteiger partial charge < -0.3 is 9.64 Å². The fraction of sp³-hybridized carbons (Fsp3) is 0.227.